The summed E-state index contributed by atoms with van der Waals surface area (Å²) >= 11 is 0. The van der Waals surface area contributed by atoms with Crippen molar-refractivity contribution in [3.63, 3.8) is 0 Å². The number of rotatable bonds is 5. The second-order valence-corrected chi connectivity index (χ2v) is 9.29. The Morgan fingerprint density at radius 1 is 1.32 bits per heavy atom. The van der Waals surface area contributed by atoms with E-state index in [1.807, 2.05) is 25.0 Å². The molecule has 1 aromatic heterocycles. The highest BCUT2D eigenvalue weighted by Crippen LogP contribution is 2.69. The minimum atomic E-state index is -0.444. The van der Waals surface area contributed by atoms with E-state index in [0.717, 1.165) is 38.8 Å². The van der Waals surface area contributed by atoms with Crippen LogP contribution in [-0.2, 0) is 9.53 Å². The molecular formula is C20H29N5O3. The van der Waals surface area contributed by atoms with Crippen molar-refractivity contribution in [2.45, 2.75) is 55.8 Å². The van der Waals surface area contributed by atoms with Crippen LogP contribution in [0.5, 0.6) is 0 Å². The summed E-state index contributed by atoms with van der Waals surface area (Å²) in [6, 6.07) is 0.461. The van der Waals surface area contributed by atoms with E-state index in [1.54, 1.807) is 11.1 Å². The minimum absolute atomic E-state index is 0.118. The highest BCUT2D eigenvalue weighted by Gasteiger charge is 2.77. The van der Waals surface area contributed by atoms with Gasteiger partial charge in [-0.05, 0) is 51.6 Å². The summed E-state index contributed by atoms with van der Waals surface area (Å²) in [5.74, 6) is 0.0483. The van der Waals surface area contributed by atoms with E-state index in [4.69, 9.17) is 4.74 Å². The highest BCUT2D eigenvalue weighted by atomic mass is 16.5. The molecule has 2 bridgehead atoms. The molecule has 1 aromatic rings. The summed E-state index contributed by atoms with van der Waals surface area (Å²) in [6.45, 7) is 2.18. The SMILES string of the molecule is CN(C)C(=O)C12CC(CNC(=O)c3cnn(C4CC4)c3)(C1)OC21CCNCC1. The van der Waals surface area contributed by atoms with Gasteiger partial charge >= 0.3 is 0 Å². The van der Waals surface area contributed by atoms with Crippen LogP contribution in [0.4, 0.5) is 0 Å². The summed E-state index contributed by atoms with van der Waals surface area (Å²) < 4.78 is 8.53. The molecule has 6 rings (SSSR count). The maximum atomic E-state index is 13.1. The molecule has 8 heteroatoms. The van der Waals surface area contributed by atoms with Crippen LogP contribution in [0.2, 0.25) is 0 Å². The van der Waals surface area contributed by atoms with E-state index in [9.17, 15) is 9.59 Å². The lowest BCUT2D eigenvalue weighted by atomic mass is 9.53. The van der Waals surface area contributed by atoms with Gasteiger partial charge in [-0.3, -0.25) is 14.3 Å². The monoisotopic (exact) mass is 387 g/mol. The van der Waals surface area contributed by atoms with Crippen molar-refractivity contribution in [1.29, 1.82) is 0 Å². The van der Waals surface area contributed by atoms with Crippen LogP contribution in [0.25, 0.3) is 0 Å². The Labute approximate surface area is 165 Å². The smallest absolute Gasteiger partial charge is 0.254 e. The number of hydrogen-bond acceptors (Lipinski definition) is 5. The van der Waals surface area contributed by atoms with Crippen molar-refractivity contribution in [3.8, 4) is 0 Å². The van der Waals surface area contributed by atoms with Gasteiger partial charge in [-0.1, -0.05) is 0 Å². The number of nitrogens with one attached hydrogen (secondary N) is 2. The third-order valence-corrected chi connectivity index (χ3v) is 7.11. The Bertz CT molecular complexity index is 801. The van der Waals surface area contributed by atoms with Crippen molar-refractivity contribution in [1.82, 2.24) is 25.3 Å². The molecule has 3 saturated heterocycles. The molecule has 5 aliphatic rings. The molecule has 0 radical (unpaired) electrons. The zero-order valence-corrected chi connectivity index (χ0v) is 16.7. The number of amides is 2. The molecule has 2 aliphatic carbocycles. The molecule has 2 saturated carbocycles. The molecule has 0 aromatic carbocycles. The van der Waals surface area contributed by atoms with E-state index in [-0.39, 0.29) is 11.8 Å². The summed E-state index contributed by atoms with van der Waals surface area (Å²) in [7, 11) is 3.65. The molecule has 0 atom stereocenters. The largest absolute Gasteiger partial charge is 0.365 e. The second-order valence-electron chi connectivity index (χ2n) is 9.29. The second kappa shape index (κ2) is 6.03. The van der Waals surface area contributed by atoms with Gasteiger partial charge in [-0.2, -0.15) is 5.10 Å². The predicted molar refractivity (Wildman–Crippen MR) is 102 cm³/mol. The van der Waals surface area contributed by atoms with Gasteiger partial charge < -0.3 is 20.3 Å². The summed E-state index contributed by atoms with van der Waals surface area (Å²) in [5.41, 5.74) is -0.681. The van der Waals surface area contributed by atoms with Crippen LogP contribution in [0.1, 0.15) is 54.9 Å². The lowest BCUT2D eigenvalue weighted by Crippen LogP contribution is -2.61. The topological polar surface area (TPSA) is 88.5 Å². The van der Waals surface area contributed by atoms with Gasteiger partial charge in [-0.25, -0.2) is 0 Å². The Hall–Kier alpha value is -1.93. The summed E-state index contributed by atoms with van der Waals surface area (Å²) in [5, 5.41) is 10.7. The minimum Gasteiger partial charge on any atom is -0.365 e. The molecule has 3 aliphatic heterocycles. The van der Waals surface area contributed by atoms with Crippen LogP contribution >= 0.6 is 0 Å². The van der Waals surface area contributed by atoms with Crippen LogP contribution in [-0.4, -0.2) is 71.4 Å². The molecule has 2 N–H and O–H groups in total. The molecular weight excluding hydrogens is 358 g/mol. The van der Waals surface area contributed by atoms with Crippen LogP contribution < -0.4 is 10.6 Å². The van der Waals surface area contributed by atoms with Gasteiger partial charge in [0.05, 0.1) is 34.4 Å². The first-order chi connectivity index (χ1) is 13.4. The van der Waals surface area contributed by atoms with Crippen LogP contribution in [0.3, 0.4) is 0 Å². The standard InChI is InChI=1S/C20H29N5O3/c1-24(2)17(27)19-11-18(12-19,28-20(19)5-7-21-8-6-20)13-22-16(26)14-9-23-25(10-14)15-3-4-15/h9-10,15,21H,3-8,11-13H2,1-2H3,(H,22,26). The summed E-state index contributed by atoms with van der Waals surface area (Å²) in [6.07, 6.45) is 8.81. The molecule has 1 spiro atoms. The van der Waals surface area contributed by atoms with Gasteiger partial charge in [-0.15, -0.1) is 0 Å². The van der Waals surface area contributed by atoms with Crippen molar-refractivity contribution < 1.29 is 14.3 Å². The first-order valence-corrected chi connectivity index (χ1v) is 10.3. The third kappa shape index (κ3) is 2.54. The Kier molecular flexibility index (Phi) is 3.90. The van der Waals surface area contributed by atoms with Gasteiger partial charge in [0.15, 0.2) is 0 Å². The molecule has 28 heavy (non-hydrogen) atoms. The molecule has 8 nitrogen and oxygen atoms in total. The maximum Gasteiger partial charge on any atom is 0.254 e. The van der Waals surface area contributed by atoms with E-state index in [0.29, 0.717) is 31.0 Å². The average molecular weight is 387 g/mol. The highest BCUT2D eigenvalue weighted by molar-refractivity contribution is 5.94. The van der Waals surface area contributed by atoms with Crippen LogP contribution in [0.15, 0.2) is 12.4 Å². The predicted octanol–water partition coefficient (Wildman–Crippen LogP) is 0.707. The van der Waals surface area contributed by atoms with Crippen molar-refractivity contribution in [2.24, 2.45) is 5.41 Å². The lowest BCUT2D eigenvalue weighted by molar-refractivity contribution is -0.149. The van der Waals surface area contributed by atoms with Crippen LogP contribution in [0, 0.1) is 5.41 Å². The van der Waals surface area contributed by atoms with Gasteiger partial charge in [0.1, 0.15) is 0 Å². The van der Waals surface area contributed by atoms with E-state index >= 15 is 0 Å². The van der Waals surface area contributed by atoms with E-state index < -0.39 is 16.6 Å². The number of carbonyl (C=O) groups excluding carboxylic acids is 2. The van der Waals surface area contributed by atoms with Gasteiger partial charge in [0.2, 0.25) is 5.91 Å². The zero-order valence-electron chi connectivity index (χ0n) is 16.7. The molecule has 2 amide bonds. The van der Waals surface area contributed by atoms with Gasteiger partial charge in [0.25, 0.3) is 5.91 Å². The first-order valence-electron chi connectivity index (χ1n) is 10.3. The quantitative estimate of drug-likeness (QED) is 0.777. The number of ether oxygens (including phenoxy) is 1. The zero-order chi connectivity index (χ0) is 19.6. The molecule has 0 unspecified atom stereocenters. The Balaban J connectivity index is 1.29. The number of hydrogen-bond donors (Lipinski definition) is 2. The first kappa shape index (κ1) is 18.1. The molecule has 152 valence electrons. The molecule has 5 fully saturated rings. The number of nitrogens with zero attached hydrogens (tertiary/aromatic N) is 3. The Morgan fingerprint density at radius 2 is 2.04 bits per heavy atom. The average Bonchev–Trinajstić information content (AvgIpc) is 3.25. The fourth-order valence-electron chi connectivity index (χ4n) is 5.64. The van der Waals surface area contributed by atoms with E-state index in [1.165, 1.54) is 0 Å². The van der Waals surface area contributed by atoms with Crippen molar-refractivity contribution in [3.05, 3.63) is 18.0 Å². The third-order valence-electron chi connectivity index (χ3n) is 7.11. The lowest BCUT2D eigenvalue weighted by Gasteiger charge is -2.49. The van der Waals surface area contributed by atoms with E-state index in [2.05, 4.69) is 15.7 Å². The molecule has 4 heterocycles. The summed E-state index contributed by atoms with van der Waals surface area (Å²) in [4.78, 5) is 27.4. The Morgan fingerprint density at radius 3 is 2.68 bits per heavy atom. The van der Waals surface area contributed by atoms with Crippen molar-refractivity contribution in [2.75, 3.05) is 33.7 Å². The fraction of sp³-hybridized carbons (Fsp3) is 0.750. The maximum absolute atomic E-state index is 13.1. The normalized spacial score (nSPS) is 32.8. The number of carbonyl (C=O) groups is 2. The van der Waals surface area contributed by atoms with Gasteiger partial charge in [0, 0.05) is 26.8 Å². The fourth-order valence-corrected chi connectivity index (χ4v) is 5.64. The number of piperidine rings is 1. The van der Waals surface area contributed by atoms with Crippen molar-refractivity contribution >= 4 is 11.8 Å². The number of aromatic nitrogens is 2.